The van der Waals surface area contributed by atoms with Crippen molar-refractivity contribution in [1.82, 2.24) is 10.6 Å². The summed E-state index contributed by atoms with van der Waals surface area (Å²) in [5, 5.41) is 4.91. The molecule has 0 spiro atoms. The molecule has 5 nitrogen and oxygen atoms in total. The van der Waals surface area contributed by atoms with Crippen molar-refractivity contribution in [3.8, 4) is 0 Å². The summed E-state index contributed by atoms with van der Waals surface area (Å²) in [5.74, 6) is -1.02. The summed E-state index contributed by atoms with van der Waals surface area (Å²) in [5.41, 5.74) is 0.548. The summed E-state index contributed by atoms with van der Waals surface area (Å²) in [6.07, 6.45) is 0.589. The lowest BCUT2D eigenvalue weighted by molar-refractivity contribution is -0.134. The van der Waals surface area contributed by atoms with Crippen molar-refractivity contribution >= 4 is 85.5 Å². The fraction of sp³-hybridized carbons (Fsp3) is 0.250. The molecule has 1 unspecified atom stereocenters. The minimum absolute atomic E-state index is 0.248. The highest BCUT2D eigenvalue weighted by Crippen LogP contribution is 2.23. The van der Waals surface area contributed by atoms with Crippen molar-refractivity contribution in [2.75, 3.05) is 0 Å². The second-order valence-corrected chi connectivity index (χ2v) is 7.71. The highest BCUT2D eigenvalue weighted by Gasteiger charge is 2.28. The lowest BCUT2D eigenvalue weighted by Gasteiger charge is -2.22. The second-order valence-electron chi connectivity index (χ2n) is 4.23. The third kappa shape index (κ3) is 3.81. The number of nitrogens with one attached hydrogen (secondary N) is 2. The first kappa shape index (κ1) is 16.4. The minimum Gasteiger partial charge on any atom is -0.340 e. The molecule has 1 aliphatic heterocycles. The van der Waals surface area contributed by atoms with Gasteiger partial charge in [-0.15, -0.1) is 0 Å². The second kappa shape index (κ2) is 6.85. The Morgan fingerprint density at radius 1 is 1.25 bits per heavy atom. The van der Waals surface area contributed by atoms with Gasteiger partial charge in [0.05, 0.1) is 5.56 Å². The molecule has 1 heterocycles. The number of imide groups is 1. The first-order valence-electron chi connectivity index (χ1n) is 5.67. The van der Waals surface area contributed by atoms with Gasteiger partial charge in [-0.05, 0) is 86.3 Å². The van der Waals surface area contributed by atoms with E-state index in [2.05, 4.69) is 78.4 Å². The fourth-order valence-corrected chi connectivity index (χ4v) is 4.19. The van der Waals surface area contributed by atoms with Gasteiger partial charge in [0.25, 0.3) is 5.91 Å². The number of hydrogen-bond acceptors (Lipinski definition) is 3. The van der Waals surface area contributed by atoms with Gasteiger partial charge in [0.1, 0.15) is 6.04 Å². The van der Waals surface area contributed by atoms with E-state index in [1.807, 2.05) is 6.07 Å². The van der Waals surface area contributed by atoms with Crippen LogP contribution in [0.1, 0.15) is 23.2 Å². The Bertz CT molecular complexity index is 604. The predicted molar refractivity (Wildman–Crippen MR) is 98.2 cm³/mol. The van der Waals surface area contributed by atoms with Gasteiger partial charge in [-0.2, -0.15) is 0 Å². The van der Waals surface area contributed by atoms with Crippen molar-refractivity contribution in [3.63, 3.8) is 0 Å². The lowest BCUT2D eigenvalue weighted by Crippen LogP contribution is -2.52. The summed E-state index contributed by atoms with van der Waals surface area (Å²) >= 11 is 6.43. The Morgan fingerprint density at radius 2 is 1.95 bits per heavy atom. The van der Waals surface area contributed by atoms with Gasteiger partial charge < -0.3 is 5.32 Å². The van der Waals surface area contributed by atoms with Crippen LogP contribution in [-0.2, 0) is 9.59 Å². The van der Waals surface area contributed by atoms with E-state index in [0.717, 1.165) is 10.7 Å². The molecule has 2 rings (SSSR count). The number of benzene rings is 1. The summed E-state index contributed by atoms with van der Waals surface area (Å²) < 4.78 is 2.80. The van der Waals surface area contributed by atoms with Crippen LogP contribution in [0.5, 0.6) is 0 Å². The van der Waals surface area contributed by atoms with Gasteiger partial charge in [-0.1, -0.05) is 0 Å². The molecule has 1 atom stereocenters. The molecule has 8 heteroatoms. The van der Waals surface area contributed by atoms with Crippen LogP contribution in [-0.4, -0.2) is 23.8 Å². The van der Waals surface area contributed by atoms with Crippen LogP contribution in [0, 0.1) is 10.7 Å². The highest BCUT2D eigenvalue weighted by molar-refractivity contribution is 14.1. The number of halogens is 3. The SMILES string of the molecule is O=C1CCC(NC(=O)c2cc(I)cc(I)c2I)C(=O)N1. The number of carbonyl (C=O) groups excluding carboxylic acids is 3. The lowest BCUT2D eigenvalue weighted by atomic mass is 10.1. The molecule has 3 amide bonds. The molecule has 0 aromatic heterocycles. The van der Waals surface area contributed by atoms with Gasteiger partial charge in [-0.25, -0.2) is 0 Å². The Hall–Kier alpha value is 0.0200. The average Bonchev–Trinajstić information content (AvgIpc) is 2.37. The molecule has 1 aliphatic rings. The van der Waals surface area contributed by atoms with E-state index in [1.165, 1.54) is 0 Å². The molecule has 0 saturated carbocycles. The van der Waals surface area contributed by atoms with Gasteiger partial charge >= 0.3 is 0 Å². The van der Waals surface area contributed by atoms with Crippen LogP contribution in [0.15, 0.2) is 12.1 Å². The molecular formula is C12H9I3N2O3. The summed E-state index contributed by atoms with van der Waals surface area (Å²) in [6.45, 7) is 0. The molecule has 20 heavy (non-hydrogen) atoms. The topological polar surface area (TPSA) is 75.3 Å². The van der Waals surface area contributed by atoms with Crippen molar-refractivity contribution in [3.05, 3.63) is 28.4 Å². The van der Waals surface area contributed by atoms with E-state index in [0.29, 0.717) is 12.0 Å². The van der Waals surface area contributed by atoms with Gasteiger partial charge in [-0.3, -0.25) is 19.7 Å². The molecule has 0 bridgehead atoms. The Balaban J connectivity index is 2.17. The zero-order chi connectivity index (χ0) is 14.9. The largest absolute Gasteiger partial charge is 0.340 e. The molecule has 1 fully saturated rings. The van der Waals surface area contributed by atoms with Crippen LogP contribution in [0.2, 0.25) is 0 Å². The number of piperidine rings is 1. The van der Waals surface area contributed by atoms with E-state index in [9.17, 15) is 14.4 Å². The van der Waals surface area contributed by atoms with Gasteiger partial charge in [0.2, 0.25) is 11.8 Å². The van der Waals surface area contributed by atoms with E-state index < -0.39 is 11.9 Å². The normalized spacial score (nSPS) is 18.6. The molecule has 106 valence electrons. The number of carbonyl (C=O) groups is 3. The van der Waals surface area contributed by atoms with Gasteiger partial charge in [0, 0.05) is 17.1 Å². The number of rotatable bonds is 2. The number of hydrogen-bond donors (Lipinski definition) is 2. The van der Waals surface area contributed by atoms with E-state index in [1.54, 1.807) is 6.07 Å². The fourth-order valence-electron chi connectivity index (χ4n) is 1.79. The van der Waals surface area contributed by atoms with Crippen molar-refractivity contribution in [2.45, 2.75) is 18.9 Å². The molecule has 1 aromatic carbocycles. The van der Waals surface area contributed by atoms with E-state index in [4.69, 9.17) is 0 Å². The van der Waals surface area contributed by atoms with Crippen LogP contribution in [0.4, 0.5) is 0 Å². The maximum atomic E-state index is 12.3. The van der Waals surface area contributed by atoms with E-state index >= 15 is 0 Å². The summed E-state index contributed by atoms with van der Waals surface area (Å²) in [4.78, 5) is 35.0. The van der Waals surface area contributed by atoms with Crippen molar-refractivity contribution in [1.29, 1.82) is 0 Å². The van der Waals surface area contributed by atoms with E-state index in [-0.39, 0.29) is 18.2 Å². The standard InChI is InChI=1S/C12H9I3N2O3/c13-5-3-6(10(15)7(14)4-5)11(19)16-8-1-2-9(18)17-12(8)20/h3-4,8H,1-2H2,(H,16,19)(H,17,18,20). The van der Waals surface area contributed by atoms with Crippen LogP contribution in [0.3, 0.4) is 0 Å². The van der Waals surface area contributed by atoms with Gasteiger partial charge in [0.15, 0.2) is 0 Å². The minimum atomic E-state index is -0.647. The zero-order valence-electron chi connectivity index (χ0n) is 10.0. The van der Waals surface area contributed by atoms with Crippen LogP contribution in [0.25, 0.3) is 0 Å². The molecule has 0 radical (unpaired) electrons. The van der Waals surface area contributed by atoms with Crippen molar-refractivity contribution in [2.24, 2.45) is 0 Å². The monoisotopic (exact) mass is 610 g/mol. The van der Waals surface area contributed by atoms with Crippen molar-refractivity contribution < 1.29 is 14.4 Å². The predicted octanol–water partition coefficient (Wildman–Crippen LogP) is 2.04. The number of amides is 3. The quantitative estimate of drug-likeness (QED) is 0.306. The zero-order valence-corrected chi connectivity index (χ0v) is 16.5. The third-order valence-electron chi connectivity index (χ3n) is 2.78. The molecular weight excluding hydrogens is 601 g/mol. The smallest absolute Gasteiger partial charge is 0.253 e. The highest BCUT2D eigenvalue weighted by atomic mass is 127. The Morgan fingerprint density at radius 3 is 2.60 bits per heavy atom. The Kier molecular flexibility index (Phi) is 5.62. The maximum absolute atomic E-state index is 12.3. The molecule has 0 aliphatic carbocycles. The third-order valence-corrected chi connectivity index (χ3v) is 6.45. The molecule has 1 saturated heterocycles. The first-order valence-corrected chi connectivity index (χ1v) is 8.91. The maximum Gasteiger partial charge on any atom is 0.253 e. The summed E-state index contributed by atoms with van der Waals surface area (Å²) in [7, 11) is 0. The summed E-state index contributed by atoms with van der Waals surface area (Å²) in [6, 6.07) is 3.11. The molecule has 1 aromatic rings. The molecule has 2 N–H and O–H groups in total. The van der Waals surface area contributed by atoms with Crippen LogP contribution >= 0.6 is 67.8 Å². The Labute approximate surface area is 156 Å². The first-order chi connectivity index (χ1) is 9.38. The van der Waals surface area contributed by atoms with Crippen LogP contribution < -0.4 is 10.6 Å². The average molecular weight is 610 g/mol.